The standard InChI is InChI=1S/C13H15N3O2S/c17-11(8-4-5-19-7-8)6-14-13(18)12-9-2-1-3-10(9)15-16-12/h4-5,7,11,17H,1-3,6H2,(H,14,18)(H,15,16). The van der Waals surface area contributed by atoms with Gasteiger partial charge in [0.25, 0.3) is 5.91 Å². The first kappa shape index (κ1) is 12.4. The van der Waals surface area contributed by atoms with Gasteiger partial charge < -0.3 is 10.4 Å². The third kappa shape index (κ3) is 2.41. The van der Waals surface area contributed by atoms with Gasteiger partial charge in [-0.05, 0) is 41.7 Å². The van der Waals surface area contributed by atoms with E-state index in [0.29, 0.717) is 5.69 Å². The van der Waals surface area contributed by atoms with Crippen molar-refractivity contribution in [2.45, 2.75) is 25.4 Å². The van der Waals surface area contributed by atoms with Crippen molar-refractivity contribution < 1.29 is 9.90 Å². The largest absolute Gasteiger partial charge is 0.387 e. The number of aliphatic hydroxyl groups is 1. The van der Waals surface area contributed by atoms with Gasteiger partial charge in [-0.25, -0.2) is 0 Å². The van der Waals surface area contributed by atoms with Crippen LogP contribution in [0.25, 0.3) is 0 Å². The van der Waals surface area contributed by atoms with Crippen LogP contribution in [-0.4, -0.2) is 27.8 Å². The van der Waals surface area contributed by atoms with Crippen LogP contribution in [-0.2, 0) is 12.8 Å². The Balaban J connectivity index is 1.62. The summed E-state index contributed by atoms with van der Waals surface area (Å²) >= 11 is 1.53. The van der Waals surface area contributed by atoms with Crippen LogP contribution in [0.15, 0.2) is 16.8 Å². The molecule has 0 aliphatic heterocycles. The predicted molar refractivity (Wildman–Crippen MR) is 72.2 cm³/mol. The lowest BCUT2D eigenvalue weighted by atomic mass is 10.1. The Kier molecular flexibility index (Phi) is 3.35. The summed E-state index contributed by atoms with van der Waals surface area (Å²) in [4.78, 5) is 12.0. The molecule has 1 amide bonds. The maximum absolute atomic E-state index is 12.0. The first-order valence-electron chi connectivity index (χ1n) is 6.30. The van der Waals surface area contributed by atoms with Crippen LogP contribution in [0.2, 0.25) is 0 Å². The second-order valence-electron chi connectivity index (χ2n) is 4.67. The first-order chi connectivity index (χ1) is 9.25. The van der Waals surface area contributed by atoms with Gasteiger partial charge in [0.1, 0.15) is 0 Å². The van der Waals surface area contributed by atoms with Crippen molar-refractivity contribution in [3.05, 3.63) is 39.3 Å². The highest BCUT2D eigenvalue weighted by Crippen LogP contribution is 2.22. The molecule has 0 bridgehead atoms. The minimum absolute atomic E-state index is 0.206. The van der Waals surface area contributed by atoms with Gasteiger partial charge in [-0.15, -0.1) is 0 Å². The number of amides is 1. The Hall–Kier alpha value is -1.66. The van der Waals surface area contributed by atoms with E-state index in [2.05, 4.69) is 15.5 Å². The van der Waals surface area contributed by atoms with Gasteiger partial charge in [0, 0.05) is 17.8 Å². The van der Waals surface area contributed by atoms with Gasteiger partial charge in [0.2, 0.25) is 0 Å². The Morgan fingerprint density at radius 3 is 3.26 bits per heavy atom. The number of aliphatic hydroxyl groups excluding tert-OH is 1. The van der Waals surface area contributed by atoms with Crippen molar-refractivity contribution in [1.29, 1.82) is 0 Å². The van der Waals surface area contributed by atoms with Crippen LogP contribution >= 0.6 is 11.3 Å². The lowest BCUT2D eigenvalue weighted by Crippen LogP contribution is -2.29. The lowest BCUT2D eigenvalue weighted by Gasteiger charge is -2.10. The molecule has 0 saturated heterocycles. The molecule has 5 nitrogen and oxygen atoms in total. The van der Waals surface area contributed by atoms with Gasteiger partial charge in [0.05, 0.1) is 6.10 Å². The quantitative estimate of drug-likeness (QED) is 0.791. The van der Waals surface area contributed by atoms with Crippen LogP contribution in [0.3, 0.4) is 0 Å². The minimum atomic E-state index is -0.665. The van der Waals surface area contributed by atoms with E-state index in [9.17, 15) is 9.90 Å². The monoisotopic (exact) mass is 277 g/mol. The van der Waals surface area contributed by atoms with Crippen LogP contribution in [0, 0.1) is 0 Å². The molecule has 1 atom stereocenters. The van der Waals surface area contributed by atoms with E-state index in [4.69, 9.17) is 0 Å². The summed E-state index contributed by atoms with van der Waals surface area (Å²) in [5.74, 6) is -0.214. The summed E-state index contributed by atoms with van der Waals surface area (Å²) in [7, 11) is 0. The SMILES string of the molecule is O=C(NCC(O)c1ccsc1)c1n[nH]c2c1CCC2. The van der Waals surface area contributed by atoms with Crippen LogP contribution in [0.4, 0.5) is 0 Å². The Morgan fingerprint density at radius 2 is 2.47 bits per heavy atom. The molecule has 0 saturated carbocycles. The number of carbonyl (C=O) groups excluding carboxylic acids is 1. The van der Waals surface area contributed by atoms with Gasteiger partial charge >= 0.3 is 0 Å². The number of hydrogen-bond donors (Lipinski definition) is 3. The summed E-state index contributed by atoms with van der Waals surface area (Å²) in [5.41, 5.74) is 3.41. The number of aryl methyl sites for hydroxylation is 1. The molecular formula is C13H15N3O2S. The molecule has 0 aromatic carbocycles. The zero-order valence-electron chi connectivity index (χ0n) is 10.3. The molecule has 2 heterocycles. The number of aromatic nitrogens is 2. The normalized spacial score (nSPS) is 15.2. The third-order valence-corrected chi connectivity index (χ3v) is 4.11. The fraction of sp³-hybridized carbons (Fsp3) is 0.385. The van der Waals surface area contributed by atoms with Crippen LogP contribution < -0.4 is 5.32 Å². The molecule has 19 heavy (non-hydrogen) atoms. The van der Waals surface area contributed by atoms with E-state index in [0.717, 1.165) is 36.1 Å². The molecule has 0 spiro atoms. The number of fused-ring (bicyclic) bond motifs is 1. The summed E-state index contributed by atoms with van der Waals surface area (Å²) < 4.78 is 0. The molecular weight excluding hydrogens is 262 g/mol. The highest BCUT2D eigenvalue weighted by atomic mass is 32.1. The fourth-order valence-electron chi connectivity index (χ4n) is 2.36. The van der Waals surface area contributed by atoms with Crippen LogP contribution in [0.5, 0.6) is 0 Å². The number of nitrogens with zero attached hydrogens (tertiary/aromatic N) is 1. The molecule has 0 radical (unpaired) electrons. The van der Waals surface area contributed by atoms with Crippen molar-refractivity contribution in [3.63, 3.8) is 0 Å². The summed E-state index contributed by atoms with van der Waals surface area (Å²) in [6.07, 6.45) is 2.28. The molecule has 1 unspecified atom stereocenters. The minimum Gasteiger partial charge on any atom is -0.387 e. The Labute approximate surface area is 114 Å². The van der Waals surface area contributed by atoms with E-state index in [1.165, 1.54) is 11.3 Å². The molecule has 2 aromatic rings. The zero-order valence-corrected chi connectivity index (χ0v) is 11.2. The summed E-state index contributed by atoms with van der Waals surface area (Å²) in [6, 6.07) is 1.85. The topological polar surface area (TPSA) is 78.0 Å². The van der Waals surface area contributed by atoms with Crippen molar-refractivity contribution >= 4 is 17.2 Å². The number of rotatable bonds is 4. The molecule has 1 aliphatic rings. The molecule has 2 aromatic heterocycles. The summed E-state index contributed by atoms with van der Waals surface area (Å²) in [6.45, 7) is 0.206. The van der Waals surface area contributed by atoms with Crippen molar-refractivity contribution in [2.75, 3.05) is 6.54 Å². The molecule has 6 heteroatoms. The molecule has 100 valence electrons. The maximum Gasteiger partial charge on any atom is 0.272 e. The zero-order chi connectivity index (χ0) is 13.2. The average Bonchev–Trinajstić information content (AvgIpc) is 3.10. The third-order valence-electron chi connectivity index (χ3n) is 3.41. The van der Waals surface area contributed by atoms with Crippen LogP contribution in [0.1, 0.15) is 39.8 Å². The first-order valence-corrected chi connectivity index (χ1v) is 7.24. The number of H-pyrrole nitrogens is 1. The fourth-order valence-corrected chi connectivity index (χ4v) is 3.07. The van der Waals surface area contributed by atoms with E-state index < -0.39 is 6.10 Å². The molecule has 0 fully saturated rings. The second kappa shape index (κ2) is 5.14. The van der Waals surface area contributed by atoms with Crippen molar-refractivity contribution in [1.82, 2.24) is 15.5 Å². The molecule has 3 N–H and O–H groups in total. The average molecular weight is 277 g/mol. The Morgan fingerprint density at radius 1 is 1.58 bits per heavy atom. The predicted octanol–water partition coefficient (Wildman–Crippen LogP) is 1.42. The van der Waals surface area contributed by atoms with E-state index >= 15 is 0 Å². The van der Waals surface area contributed by atoms with Gasteiger partial charge in [0.15, 0.2) is 5.69 Å². The van der Waals surface area contributed by atoms with Crippen molar-refractivity contribution in [3.8, 4) is 0 Å². The molecule has 1 aliphatic carbocycles. The highest BCUT2D eigenvalue weighted by molar-refractivity contribution is 7.07. The van der Waals surface area contributed by atoms with E-state index in [1.54, 1.807) is 0 Å². The maximum atomic E-state index is 12.0. The number of nitrogens with one attached hydrogen (secondary N) is 2. The second-order valence-corrected chi connectivity index (χ2v) is 5.45. The number of carbonyl (C=O) groups is 1. The van der Waals surface area contributed by atoms with Crippen molar-refractivity contribution in [2.24, 2.45) is 0 Å². The smallest absolute Gasteiger partial charge is 0.272 e. The van der Waals surface area contributed by atoms with Gasteiger partial charge in [-0.2, -0.15) is 16.4 Å². The van der Waals surface area contributed by atoms with Gasteiger partial charge in [-0.3, -0.25) is 9.89 Å². The number of aromatic amines is 1. The Bertz CT molecular complexity index is 577. The van der Waals surface area contributed by atoms with E-state index in [1.807, 2.05) is 16.8 Å². The number of hydrogen-bond acceptors (Lipinski definition) is 4. The number of thiophene rings is 1. The van der Waals surface area contributed by atoms with Gasteiger partial charge in [-0.1, -0.05) is 0 Å². The van der Waals surface area contributed by atoms with E-state index in [-0.39, 0.29) is 12.5 Å². The lowest BCUT2D eigenvalue weighted by molar-refractivity contribution is 0.0910. The highest BCUT2D eigenvalue weighted by Gasteiger charge is 2.23. The molecule has 3 rings (SSSR count). The summed E-state index contributed by atoms with van der Waals surface area (Å²) in [5, 5.41) is 23.4.